The molecule has 4 rings (SSSR count). The van der Waals surface area contributed by atoms with Crippen LogP contribution in [0, 0.1) is 5.92 Å². The van der Waals surface area contributed by atoms with Crippen LogP contribution >= 0.6 is 11.6 Å². The molecule has 1 fully saturated rings. The molecule has 2 aromatic heterocycles. The molecule has 0 radical (unpaired) electrons. The summed E-state index contributed by atoms with van der Waals surface area (Å²) in [5, 5.41) is 18.2. The van der Waals surface area contributed by atoms with E-state index in [1.807, 2.05) is 60.5 Å². The molecule has 1 amide bonds. The molecule has 9 nitrogen and oxygen atoms in total. The Bertz CT molecular complexity index is 1420. The third kappa shape index (κ3) is 8.87. The SMILES string of the molecule is CC(=O)[C@H](Cc1ccccc1)C[C@H](O)CN1CCN(C(C)(C)c2ccn(-c3cncc(Cl)c3)n2)C[C@H]1C(=O)NCC(F)(F)F. The summed E-state index contributed by atoms with van der Waals surface area (Å²) in [6, 6.07) is 12.1. The van der Waals surface area contributed by atoms with Crippen LogP contribution in [-0.4, -0.2) is 92.4 Å². The number of carbonyl (C=O) groups excluding carboxylic acids is 2. The van der Waals surface area contributed by atoms with Crippen molar-refractivity contribution in [2.75, 3.05) is 32.7 Å². The van der Waals surface area contributed by atoms with E-state index >= 15 is 0 Å². The number of hydrogen-bond acceptors (Lipinski definition) is 7. The number of aliphatic hydroxyl groups excluding tert-OH is 1. The van der Waals surface area contributed by atoms with Gasteiger partial charge in [-0.15, -0.1) is 0 Å². The second-order valence-electron chi connectivity index (χ2n) is 11.7. The molecule has 1 saturated heterocycles. The standard InChI is InChI=1S/C31H38ClF3N6O3/c1-21(42)23(13-22-7-5-4-6-8-22)14-26(43)18-39-11-12-40(19-27(39)29(44)37-20-31(33,34)35)30(2,3)28-9-10-41(38-28)25-15-24(32)16-36-17-25/h4-10,15-17,23,26-27,43H,11-14,18-20H2,1-3H3,(H,37,44)/t23-,26+,27+/m1/s1. The zero-order valence-electron chi connectivity index (χ0n) is 25.0. The number of halogens is 4. The molecule has 0 saturated carbocycles. The number of β-amino-alcohol motifs (C(OH)–C–C–N with tert-alkyl or cyclic N) is 1. The maximum atomic E-state index is 13.2. The first-order chi connectivity index (χ1) is 20.7. The van der Waals surface area contributed by atoms with E-state index in [1.165, 1.54) is 13.1 Å². The van der Waals surface area contributed by atoms with Crippen LogP contribution in [0.5, 0.6) is 0 Å². The van der Waals surface area contributed by atoms with Crippen LogP contribution in [0.3, 0.4) is 0 Å². The molecule has 3 atom stereocenters. The number of aliphatic hydroxyl groups is 1. The largest absolute Gasteiger partial charge is 0.405 e. The number of nitrogens with one attached hydrogen (secondary N) is 1. The first-order valence-corrected chi connectivity index (χ1v) is 14.8. The van der Waals surface area contributed by atoms with Gasteiger partial charge in [0.2, 0.25) is 5.91 Å². The maximum absolute atomic E-state index is 13.2. The summed E-state index contributed by atoms with van der Waals surface area (Å²) in [5.41, 5.74) is 1.62. The van der Waals surface area contributed by atoms with Crippen molar-refractivity contribution in [1.29, 1.82) is 0 Å². The zero-order chi connectivity index (χ0) is 32.1. The fraction of sp³-hybridized carbons (Fsp3) is 0.484. The van der Waals surface area contributed by atoms with Crippen molar-refractivity contribution in [1.82, 2.24) is 29.9 Å². The average molecular weight is 635 g/mol. The van der Waals surface area contributed by atoms with Crippen LogP contribution in [0.2, 0.25) is 5.02 Å². The molecule has 0 bridgehead atoms. The van der Waals surface area contributed by atoms with Gasteiger partial charge in [-0.2, -0.15) is 18.3 Å². The Morgan fingerprint density at radius 2 is 1.86 bits per heavy atom. The van der Waals surface area contributed by atoms with E-state index < -0.39 is 42.2 Å². The molecular weight excluding hydrogens is 597 g/mol. The summed E-state index contributed by atoms with van der Waals surface area (Å²) in [4.78, 5) is 33.4. The Labute approximate surface area is 260 Å². The number of ketones is 1. The van der Waals surface area contributed by atoms with E-state index in [9.17, 15) is 27.9 Å². The Kier molecular flexibility index (Phi) is 10.8. The lowest BCUT2D eigenvalue weighted by atomic mass is 9.90. The molecule has 3 aromatic rings. The average Bonchev–Trinajstić information content (AvgIpc) is 3.47. The number of piperazine rings is 1. The number of aromatic nitrogens is 3. The Hall–Kier alpha value is -3.32. The molecule has 3 heterocycles. The molecule has 2 N–H and O–H groups in total. The smallest absolute Gasteiger partial charge is 0.392 e. The maximum Gasteiger partial charge on any atom is 0.405 e. The highest BCUT2D eigenvalue weighted by Crippen LogP contribution is 2.30. The lowest BCUT2D eigenvalue weighted by molar-refractivity contribution is -0.144. The first-order valence-electron chi connectivity index (χ1n) is 14.5. The Balaban J connectivity index is 1.49. The number of pyridine rings is 1. The van der Waals surface area contributed by atoms with Crippen LogP contribution in [0.25, 0.3) is 5.69 Å². The van der Waals surface area contributed by atoms with E-state index in [0.29, 0.717) is 35.9 Å². The predicted octanol–water partition coefficient (Wildman–Crippen LogP) is 4.02. The lowest BCUT2D eigenvalue weighted by Crippen LogP contribution is -2.63. The van der Waals surface area contributed by atoms with Gasteiger partial charge in [0.25, 0.3) is 0 Å². The van der Waals surface area contributed by atoms with Crippen LogP contribution < -0.4 is 5.32 Å². The molecule has 1 aliphatic heterocycles. The fourth-order valence-electron chi connectivity index (χ4n) is 5.55. The van der Waals surface area contributed by atoms with Gasteiger partial charge in [-0.25, -0.2) is 4.68 Å². The number of Topliss-reactive ketones (excluding diaryl/α,β-unsaturated/α-hetero) is 1. The van der Waals surface area contributed by atoms with Crippen molar-refractivity contribution >= 4 is 23.3 Å². The lowest BCUT2D eigenvalue weighted by Gasteiger charge is -2.47. The molecule has 1 aliphatic rings. The number of hydrogen-bond donors (Lipinski definition) is 2. The third-order valence-corrected chi connectivity index (χ3v) is 8.33. The van der Waals surface area contributed by atoms with Crippen LogP contribution in [0.4, 0.5) is 13.2 Å². The van der Waals surface area contributed by atoms with Crippen molar-refractivity contribution in [2.24, 2.45) is 5.92 Å². The van der Waals surface area contributed by atoms with Crippen molar-refractivity contribution < 1.29 is 27.9 Å². The van der Waals surface area contributed by atoms with Gasteiger partial charge in [0.1, 0.15) is 18.4 Å². The number of benzene rings is 1. The fourth-order valence-corrected chi connectivity index (χ4v) is 5.72. The number of carbonyl (C=O) groups is 2. The number of alkyl halides is 3. The van der Waals surface area contributed by atoms with Gasteiger partial charge in [0.05, 0.1) is 34.2 Å². The van der Waals surface area contributed by atoms with Crippen molar-refractivity contribution in [3.8, 4) is 5.69 Å². The third-order valence-electron chi connectivity index (χ3n) is 8.12. The van der Waals surface area contributed by atoms with Gasteiger partial charge in [-0.3, -0.25) is 24.4 Å². The second kappa shape index (κ2) is 14.2. The monoisotopic (exact) mass is 634 g/mol. The highest BCUT2D eigenvalue weighted by Gasteiger charge is 2.41. The summed E-state index contributed by atoms with van der Waals surface area (Å²) >= 11 is 6.08. The van der Waals surface area contributed by atoms with Gasteiger partial charge in [0.15, 0.2) is 0 Å². The molecular formula is C31H38ClF3N6O3. The van der Waals surface area contributed by atoms with E-state index in [4.69, 9.17) is 16.7 Å². The van der Waals surface area contributed by atoms with Crippen molar-refractivity contribution in [2.45, 2.75) is 57.5 Å². The summed E-state index contributed by atoms with van der Waals surface area (Å²) in [7, 11) is 0. The van der Waals surface area contributed by atoms with Crippen LogP contribution in [0.15, 0.2) is 61.1 Å². The van der Waals surface area contributed by atoms with E-state index in [1.54, 1.807) is 28.0 Å². The molecule has 44 heavy (non-hydrogen) atoms. The van der Waals surface area contributed by atoms with Crippen molar-refractivity contribution in [3.05, 3.63) is 77.3 Å². The summed E-state index contributed by atoms with van der Waals surface area (Å²) in [6.45, 7) is 4.82. The molecule has 0 spiro atoms. The minimum atomic E-state index is -4.57. The molecule has 1 aromatic carbocycles. The van der Waals surface area contributed by atoms with E-state index in [2.05, 4.69) is 4.98 Å². The Morgan fingerprint density at radius 3 is 2.52 bits per heavy atom. The summed E-state index contributed by atoms with van der Waals surface area (Å²) in [6.07, 6.45) is 0.00566. The van der Waals surface area contributed by atoms with Crippen LogP contribution in [-0.2, 0) is 21.5 Å². The summed E-state index contributed by atoms with van der Waals surface area (Å²) < 4.78 is 40.7. The molecule has 238 valence electrons. The Morgan fingerprint density at radius 1 is 1.14 bits per heavy atom. The van der Waals surface area contributed by atoms with Gasteiger partial charge in [0, 0.05) is 44.5 Å². The summed E-state index contributed by atoms with van der Waals surface area (Å²) in [5.74, 6) is -1.28. The highest BCUT2D eigenvalue weighted by molar-refractivity contribution is 6.30. The molecule has 0 aliphatic carbocycles. The van der Waals surface area contributed by atoms with Crippen LogP contribution in [0.1, 0.15) is 38.4 Å². The molecule has 0 unspecified atom stereocenters. The quantitative estimate of drug-likeness (QED) is 0.310. The van der Waals surface area contributed by atoms with Gasteiger partial charge >= 0.3 is 6.18 Å². The number of amides is 1. The second-order valence-corrected chi connectivity index (χ2v) is 12.2. The highest BCUT2D eigenvalue weighted by atomic mass is 35.5. The number of nitrogens with zero attached hydrogens (tertiary/aromatic N) is 5. The van der Waals surface area contributed by atoms with E-state index in [0.717, 1.165) is 5.56 Å². The van der Waals surface area contributed by atoms with E-state index in [-0.39, 0.29) is 25.3 Å². The predicted molar refractivity (Wildman–Crippen MR) is 160 cm³/mol. The first kappa shape index (κ1) is 33.6. The van der Waals surface area contributed by atoms with Gasteiger partial charge < -0.3 is 10.4 Å². The molecule has 13 heteroatoms. The normalized spacial score (nSPS) is 18.1. The van der Waals surface area contributed by atoms with Crippen molar-refractivity contribution in [3.63, 3.8) is 0 Å². The van der Waals surface area contributed by atoms with Gasteiger partial charge in [-0.1, -0.05) is 41.9 Å². The minimum Gasteiger partial charge on any atom is -0.392 e. The zero-order valence-corrected chi connectivity index (χ0v) is 25.7. The number of rotatable bonds is 12. The topological polar surface area (TPSA) is 104 Å². The van der Waals surface area contributed by atoms with Gasteiger partial charge in [-0.05, 0) is 51.3 Å². The minimum absolute atomic E-state index is 0.0351.